The van der Waals surface area contributed by atoms with Gasteiger partial charge in [0.05, 0.1) is 32.9 Å². The second kappa shape index (κ2) is 16.9. The number of fused-ring (bicyclic) bond motifs is 20. The van der Waals surface area contributed by atoms with Crippen LogP contribution in [0.2, 0.25) is 0 Å². The number of nitrogens with zero attached hydrogens (tertiary/aromatic N) is 4. The van der Waals surface area contributed by atoms with Gasteiger partial charge in [-0.3, -0.25) is 9.13 Å². The molecule has 15 aromatic rings. The molecule has 2 heterocycles. The van der Waals surface area contributed by atoms with Crippen molar-refractivity contribution < 1.29 is 0 Å². The number of benzene rings is 13. The summed E-state index contributed by atoms with van der Waals surface area (Å²) in [5.74, 6) is 1.77. The maximum atomic E-state index is 5.65. The molecule has 0 radical (unpaired) electrons. The van der Waals surface area contributed by atoms with E-state index in [1.807, 2.05) is 0 Å². The largest absolute Gasteiger partial charge is 0.292 e. The van der Waals surface area contributed by atoms with Crippen LogP contribution >= 0.6 is 0 Å². The van der Waals surface area contributed by atoms with Gasteiger partial charge in [-0.25, -0.2) is 9.97 Å². The summed E-state index contributed by atoms with van der Waals surface area (Å²) in [6, 6.07) is 108. The van der Waals surface area contributed by atoms with E-state index in [2.05, 4.69) is 300 Å². The summed E-state index contributed by atoms with van der Waals surface area (Å²) in [5.41, 5.74) is 25.0. The Balaban J connectivity index is 0.982. The highest BCUT2D eigenvalue weighted by molar-refractivity contribution is 6.22. The predicted octanol–water partition coefficient (Wildman–Crippen LogP) is 18.7. The Kier molecular flexibility index (Phi) is 9.33. The van der Waals surface area contributed by atoms with Crippen LogP contribution in [0.1, 0.15) is 44.5 Å². The van der Waals surface area contributed by atoms with Gasteiger partial charge in [-0.2, -0.15) is 0 Å². The molecule has 0 fully saturated rings. The molecule has 13 aromatic carbocycles. The molecule has 4 nitrogen and oxygen atoms in total. The first-order valence-electron chi connectivity index (χ1n) is 28.4. The molecule has 18 rings (SSSR count). The summed E-state index contributed by atoms with van der Waals surface area (Å²) in [4.78, 5) is 11.2. The molecule has 82 heavy (non-hydrogen) atoms. The van der Waals surface area contributed by atoms with Crippen LogP contribution in [-0.2, 0) is 10.8 Å². The van der Waals surface area contributed by atoms with Gasteiger partial charge in [0, 0.05) is 22.5 Å². The molecular formula is C78H48N4. The van der Waals surface area contributed by atoms with Crippen molar-refractivity contribution in [2.24, 2.45) is 0 Å². The molecule has 2 spiro atoms. The van der Waals surface area contributed by atoms with Gasteiger partial charge < -0.3 is 0 Å². The van der Waals surface area contributed by atoms with E-state index in [-0.39, 0.29) is 0 Å². The number of hydrogen-bond acceptors (Lipinski definition) is 2. The van der Waals surface area contributed by atoms with Crippen LogP contribution in [0.4, 0.5) is 0 Å². The Morgan fingerprint density at radius 2 is 0.585 bits per heavy atom. The van der Waals surface area contributed by atoms with E-state index in [1.54, 1.807) is 0 Å². The van der Waals surface area contributed by atoms with Crippen molar-refractivity contribution in [3.8, 4) is 67.5 Å². The molecule has 0 amide bonds. The molecule has 0 saturated heterocycles. The Bertz CT molecular complexity index is 5090. The SMILES string of the molecule is c1ccc(-n2c(-c3c4ccccc4c(-c4nc5ccccc5n4-c4ccccc4)c4cc(-c5ccc6c(c5)C5(c7ccccc7-c7ccccc75)c5ccccc5C65c6ccccc6-c6ccccc65)ccc34)nc3ccccc32)cc1. The van der Waals surface area contributed by atoms with Crippen LogP contribution in [0, 0.1) is 0 Å². The minimum atomic E-state index is -0.630. The summed E-state index contributed by atoms with van der Waals surface area (Å²) >= 11 is 0. The highest BCUT2D eigenvalue weighted by atomic mass is 15.1. The first kappa shape index (κ1) is 45.2. The van der Waals surface area contributed by atoms with Crippen molar-refractivity contribution in [2.45, 2.75) is 10.8 Å². The maximum Gasteiger partial charge on any atom is 0.146 e. The lowest BCUT2D eigenvalue weighted by Gasteiger charge is -2.49. The Morgan fingerprint density at radius 3 is 1.07 bits per heavy atom. The lowest BCUT2D eigenvalue weighted by molar-refractivity contribution is 0.633. The zero-order valence-corrected chi connectivity index (χ0v) is 44.5. The van der Waals surface area contributed by atoms with Crippen molar-refractivity contribution in [3.05, 3.63) is 336 Å². The van der Waals surface area contributed by atoms with E-state index in [1.165, 1.54) is 66.8 Å². The quantitative estimate of drug-likeness (QED) is 0.161. The molecule has 4 heteroatoms. The summed E-state index contributed by atoms with van der Waals surface area (Å²) < 4.78 is 4.70. The van der Waals surface area contributed by atoms with Crippen LogP contribution in [0.3, 0.4) is 0 Å². The van der Waals surface area contributed by atoms with Crippen molar-refractivity contribution in [2.75, 3.05) is 0 Å². The third kappa shape index (κ3) is 5.84. The Hall–Kier alpha value is -10.7. The van der Waals surface area contributed by atoms with Crippen molar-refractivity contribution in [1.29, 1.82) is 0 Å². The molecule has 3 aliphatic rings. The first-order valence-corrected chi connectivity index (χ1v) is 28.4. The number of hydrogen-bond donors (Lipinski definition) is 0. The molecule has 2 aromatic heterocycles. The average molecular weight is 1040 g/mol. The van der Waals surface area contributed by atoms with Crippen molar-refractivity contribution in [1.82, 2.24) is 19.1 Å². The molecule has 0 N–H and O–H groups in total. The lowest BCUT2D eigenvalue weighted by atomic mass is 9.52. The Labute approximate surface area is 474 Å². The third-order valence-electron chi connectivity index (χ3n) is 18.4. The highest BCUT2D eigenvalue weighted by Gasteiger charge is 2.59. The highest BCUT2D eigenvalue weighted by Crippen LogP contribution is 2.67. The van der Waals surface area contributed by atoms with Gasteiger partial charge in [-0.15, -0.1) is 0 Å². The normalized spacial score (nSPS) is 13.8. The fourth-order valence-corrected chi connectivity index (χ4v) is 15.3. The minimum Gasteiger partial charge on any atom is -0.292 e. The van der Waals surface area contributed by atoms with Gasteiger partial charge in [-0.05, 0) is 160 Å². The Morgan fingerprint density at radius 1 is 0.244 bits per heavy atom. The average Bonchev–Trinajstić information content (AvgIpc) is 1.65. The first-order chi connectivity index (χ1) is 40.7. The fraction of sp³-hybridized carbons (Fsp3) is 0.0256. The van der Waals surface area contributed by atoms with Gasteiger partial charge in [0.25, 0.3) is 0 Å². The van der Waals surface area contributed by atoms with Gasteiger partial charge in [0.1, 0.15) is 11.6 Å². The van der Waals surface area contributed by atoms with Gasteiger partial charge in [-0.1, -0.05) is 231 Å². The second-order valence-electron chi connectivity index (χ2n) is 22.2. The molecule has 380 valence electrons. The van der Waals surface area contributed by atoms with Crippen LogP contribution in [0.25, 0.3) is 111 Å². The molecule has 0 unspecified atom stereocenters. The van der Waals surface area contributed by atoms with Crippen LogP contribution in [0.15, 0.2) is 291 Å². The molecule has 0 bridgehead atoms. The van der Waals surface area contributed by atoms with E-state index < -0.39 is 10.8 Å². The van der Waals surface area contributed by atoms with Crippen LogP contribution < -0.4 is 0 Å². The molecular weight excluding hydrogens is 993 g/mol. The topological polar surface area (TPSA) is 35.6 Å². The van der Waals surface area contributed by atoms with E-state index in [4.69, 9.17) is 9.97 Å². The number of para-hydroxylation sites is 6. The van der Waals surface area contributed by atoms with Crippen molar-refractivity contribution in [3.63, 3.8) is 0 Å². The van der Waals surface area contributed by atoms with E-state index >= 15 is 0 Å². The maximum absolute atomic E-state index is 5.65. The van der Waals surface area contributed by atoms with E-state index in [0.29, 0.717) is 0 Å². The summed E-state index contributed by atoms with van der Waals surface area (Å²) in [6.45, 7) is 0. The predicted molar refractivity (Wildman–Crippen MR) is 335 cm³/mol. The number of rotatable bonds is 5. The number of aromatic nitrogens is 4. The van der Waals surface area contributed by atoms with E-state index in [0.717, 1.165) is 88.9 Å². The fourth-order valence-electron chi connectivity index (χ4n) is 15.3. The standard InChI is InChI=1S/C78H48N4/c1-3-23-51(24-4-1)81-71-41-21-19-39-69(71)79-75(81)73-57-31-7-8-32-58(57)74(76-80-70-40-20-22-42-72(70)82(76)52-25-5-2-6-26-52)60-47-49(43-45-59(60)73)50-44-46-67-68(48-50)78(63-35-15-11-29-55(63)56-30-12-16-36-64(56)78)66-38-18-17-37-65(66)77(67)61-33-13-9-27-53(61)54-28-10-14-34-62(54)77/h1-48H. The van der Waals surface area contributed by atoms with Gasteiger partial charge in [0.15, 0.2) is 0 Å². The lowest BCUT2D eigenvalue weighted by Crippen LogP contribution is -2.43. The smallest absolute Gasteiger partial charge is 0.146 e. The molecule has 3 aliphatic carbocycles. The number of imidazole rings is 2. The van der Waals surface area contributed by atoms with E-state index in [9.17, 15) is 0 Å². The third-order valence-corrected chi connectivity index (χ3v) is 18.4. The van der Waals surface area contributed by atoms with Gasteiger partial charge >= 0.3 is 0 Å². The summed E-state index contributed by atoms with van der Waals surface area (Å²) in [5, 5.41) is 4.39. The van der Waals surface area contributed by atoms with Crippen LogP contribution in [0.5, 0.6) is 0 Å². The zero-order valence-electron chi connectivity index (χ0n) is 44.5. The minimum absolute atomic E-state index is 0.583. The summed E-state index contributed by atoms with van der Waals surface area (Å²) in [7, 11) is 0. The molecule has 0 aliphatic heterocycles. The van der Waals surface area contributed by atoms with Gasteiger partial charge in [0.2, 0.25) is 0 Å². The second-order valence-corrected chi connectivity index (χ2v) is 22.2. The van der Waals surface area contributed by atoms with Crippen molar-refractivity contribution >= 4 is 43.6 Å². The molecule has 0 atom stereocenters. The monoisotopic (exact) mass is 1040 g/mol. The van der Waals surface area contributed by atoms with Crippen LogP contribution in [-0.4, -0.2) is 19.1 Å². The summed E-state index contributed by atoms with van der Waals surface area (Å²) in [6.07, 6.45) is 0. The molecule has 0 saturated carbocycles. The zero-order chi connectivity index (χ0) is 53.7.